The fourth-order valence-electron chi connectivity index (χ4n) is 2.85. The molecular formula is C15H18N2O4. The van der Waals surface area contributed by atoms with Crippen LogP contribution in [0.3, 0.4) is 0 Å². The van der Waals surface area contributed by atoms with E-state index in [1.165, 1.54) is 0 Å². The molecule has 0 aromatic heterocycles. The molecule has 6 heteroatoms. The van der Waals surface area contributed by atoms with E-state index in [1.54, 1.807) is 30.2 Å². The number of carboxylic acids is 1. The SMILES string of the molecule is COC1CC(NC(=O)N2CCc3ccc(C(=O)O)cc32)C1. The van der Waals surface area contributed by atoms with Crippen molar-refractivity contribution in [1.82, 2.24) is 5.32 Å². The zero-order valence-electron chi connectivity index (χ0n) is 11.8. The molecule has 2 aliphatic rings. The zero-order chi connectivity index (χ0) is 15.0. The van der Waals surface area contributed by atoms with Crippen molar-refractivity contribution in [3.05, 3.63) is 29.3 Å². The maximum absolute atomic E-state index is 12.3. The van der Waals surface area contributed by atoms with Crippen LogP contribution in [0.15, 0.2) is 18.2 Å². The van der Waals surface area contributed by atoms with Crippen molar-refractivity contribution >= 4 is 17.7 Å². The molecule has 2 N–H and O–H groups in total. The quantitative estimate of drug-likeness (QED) is 0.887. The van der Waals surface area contributed by atoms with Gasteiger partial charge in [-0.15, -0.1) is 0 Å². The average molecular weight is 290 g/mol. The monoisotopic (exact) mass is 290 g/mol. The number of carbonyl (C=O) groups is 2. The van der Waals surface area contributed by atoms with Crippen LogP contribution in [-0.4, -0.2) is 42.9 Å². The van der Waals surface area contributed by atoms with Crippen molar-refractivity contribution in [2.45, 2.75) is 31.4 Å². The van der Waals surface area contributed by atoms with E-state index in [-0.39, 0.29) is 23.7 Å². The van der Waals surface area contributed by atoms with Gasteiger partial charge in [0.15, 0.2) is 0 Å². The Hall–Kier alpha value is -2.08. The predicted octanol–water partition coefficient (Wildman–Crippen LogP) is 1.63. The Morgan fingerprint density at radius 2 is 2.14 bits per heavy atom. The topological polar surface area (TPSA) is 78.9 Å². The molecule has 21 heavy (non-hydrogen) atoms. The summed E-state index contributed by atoms with van der Waals surface area (Å²) in [6.07, 6.45) is 2.66. The lowest BCUT2D eigenvalue weighted by Gasteiger charge is -2.35. The van der Waals surface area contributed by atoms with Crippen LogP contribution >= 0.6 is 0 Å². The highest BCUT2D eigenvalue weighted by Crippen LogP contribution is 2.30. The molecule has 1 saturated carbocycles. The van der Waals surface area contributed by atoms with E-state index >= 15 is 0 Å². The summed E-state index contributed by atoms with van der Waals surface area (Å²) >= 11 is 0. The second-order valence-corrected chi connectivity index (χ2v) is 5.53. The van der Waals surface area contributed by atoms with E-state index in [1.807, 2.05) is 0 Å². The Kier molecular flexibility index (Phi) is 3.55. The Labute approximate surface area is 122 Å². The van der Waals surface area contributed by atoms with Crippen molar-refractivity contribution < 1.29 is 19.4 Å². The minimum Gasteiger partial charge on any atom is -0.478 e. The first-order chi connectivity index (χ1) is 10.1. The van der Waals surface area contributed by atoms with E-state index in [9.17, 15) is 9.59 Å². The Bertz CT molecular complexity index is 581. The number of nitrogens with zero attached hydrogens (tertiary/aromatic N) is 1. The number of urea groups is 1. The lowest BCUT2D eigenvalue weighted by atomic mass is 9.89. The number of amides is 2. The van der Waals surface area contributed by atoms with E-state index in [0.717, 1.165) is 24.8 Å². The second-order valence-electron chi connectivity index (χ2n) is 5.53. The minimum atomic E-state index is -0.980. The third kappa shape index (κ3) is 2.58. The molecule has 0 radical (unpaired) electrons. The molecule has 2 amide bonds. The lowest BCUT2D eigenvalue weighted by Crippen LogP contribution is -2.51. The highest BCUT2D eigenvalue weighted by atomic mass is 16.5. The summed E-state index contributed by atoms with van der Waals surface area (Å²) in [5.74, 6) is -0.980. The number of rotatable bonds is 3. The molecule has 1 fully saturated rings. The van der Waals surface area contributed by atoms with Gasteiger partial charge in [-0.3, -0.25) is 4.90 Å². The molecule has 1 aromatic rings. The van der Waals surface area contributed by atoms with Crippen molar-refractivity contribution in [3.63, 3.8) is 0 Å². The summed E-state index contributed by atoms with van der Waals surface area (Å²) in [7, 11) is 1.67. The van der Waals surface area contributed by atoms with Gasteiger partial charge in [0.2, 0.25) is 0 Å². The summed E-state index contributed by atoms with van der Waals surface area (Å²) in [5, 5.41) is 12.0. The number of anilines is 1. The van der Waals surface area contributed by atoms with Gasteiger partial charge in [-0.1, -0.05) is 6.07 Å². The molecular weight excluding hydrogens is 272 g/mol. The van der Waals surface area contributed by atoms with Crippen LogP contribution in [0.2, 0.25) is 0 Å². The van der Waals surface area contributed by atoms with E-state index in [0.29, 0.717) is 12.2 Å². The van der Waals surface area contributed by atoms with Crippen LogP contribution in [-0.2, 0) is 11.2 Å². The Morgan fingerprint density at radius 3 is 2.81 bits per heavy atom. The van der Waals surface area contributed by atoms with Gasteiger partial charge in [0.1, 0.15) is 0 Å². The van der Waals surface area contributed by atoms with Crippen molar-refractivity contribution in [2.75, 3.05) is 18.6 Å². The first kappa shape index (κ1) is 13.9. The first-order valence-corrected chi connectivity index (χ1v) is 7.05. The van der Waals surface area contributed by atoms with Gasteiger partial charge in [0.05, 0.1) is 11.7 Å². The summed E-state index contributed by atoms with van der Waals surface area (Å²) in [5.41, 5.74) is 1.92. The summed E-state index contributed by atoms with van der Waals surface area (Å²) < 4.78 is 5.19. The van der Waals surface area contributed by atoms with Gasteiger partial charge in [-0.05, 0) is 37.0 Å². The molecule has 1 aliphatic carbocycles. The molecule has 0 bridgehead atoms. The van der Waals surface area contributed by atoms with E-state index in [4.69, 9.17) is 9.84 Å². The Morgan fingerprint density at radius 1 is 1.38 bits per heavy atom. The van der Waals surface area contributed by atoms with Gasteiger partial charge in [-0.25, -0.2) is 9.59 Å². The number of aromatic carboxylic acids is 1. The van der Waals surface area contributed by atoms with Gasteiger partial charge in [-0.2, -0.15) is 0 Å². The van der Waals surface area contributed by atoms with Crippen LogP contribution in [0.5, 0.6) is 0 Å². The summed E-state index contributed by atoms with van der Waals surface area (Å²) in [6.45, 7) is 0.588. The molecule has 1 aromatic carbocycles. The fraction of sp³-hybridized carbons (Fsp3) is 0.467. The van der Waals surface area contributed by atoms with E-state index in [2.05, 4.69) is 5.32 Å². The van der Waals surface area contributed by atoms with Crippen molar-refractivity contribution in [3.8, 4) is 0 Å². The number of methoxy groups -OCH3 is 1. The number of nitrogens with one attached hydrogen (secondary N) is 1. The van der Waals surface area contributed by atoms with Gasteiger partial charge < -0.3 is 15.2 Å². The normalized spacial score (nSPS) is 23.4. The molecule has 112 valence electrons. The minimum absolute atomic E-state index is 0.147. The maximum Gasteiger partial charge on any atom is 0.335 e. The average Bonchev–Trinajstić information content (AvgIpc) is 2.84. The summed E-state index contributed by atoms with van der Waals surface area (Å²) in [6, 6.07) is 4.93. The maximum atomic E-state index is 12.3. The third-order valence-corrected chi connectivity index (χ3v) is 4.23. The van der Waals surface area contributed by atoms with Crippen LogP contribution in [0.25, 0.3) is 0 Å². The van der Waals surface area contributed by atoms with Gasteiger partial charge in [0.25, 0.3) is 0 Å². The number of fused-ring (bicyclic) bond motifs is 1. The van der Waals surface area contributed by atoms with Crippen LogP contribution in [0.4, 0.5) is 10.5 Å². The molecule has 0 saturated heterocycles. The molecule has 0 unspecified atom stereocenters. The fourth-order valence-corrected chi connectivity index (χ4v) is 2.85. The number of hydrogen-bond donors (Lipinski definition) is 2. The number of hydrogen-bond acceptors (Lipinski definition) is 3. The highest BCUT2D eigenvalue weighted by Gasteiger charge is 2.33. The number of carboxylic acid groups (broad SMARTS) is 1. The third-order valence-electron chi connectivity index (χ3n) is 4.23. The standard InChI is InChI=1S/C15H18N2O4/c1-21-12-7-11(8-12)16-15(20)17-5-4-9-2-3-10(14(18)19)6-13(9)17/h2-3,6,11-12H,4-5,7-8H2,1H3,(H,16,20)(H,18,19). The number of ether oxygens (including phenoxy) is 1. The van der Waals surface area contributed by atoms with Crippen LogP contribution < -0.4 is 10.2 Å². The zero-order valence-corrected chi connectivity index (χ0v) is 11.8. The largest absolute Gasteiger partial charge is 0.478 e. The van der Waals surface area contributed by atoms with Crippen LogP contribution in [0, 0.1) is 0 Å². The van der Waals surface area contributed by atoms with Crippen LogP contribution in [0.1, 0.15) is 28.8 Å². The van der Waals surface area contributed by atoms with Crippen molar-refractivity contribution in [2.24, 2.45) is 0 Å². The van der Waals surface area contributed by atoms with Gasteiger partial charge in [0, 0.05) is 25.4 Å². The second kappa shape index (κ2) is 5.37. The van der Waals surface area contributed by atoms with E-state index < -0.39 is 5.97 Å². The number of carbonyl (C=O) groups excluding carboxylic acids is 1. The lowest BCUT2D eigenvalue weighted by molar-refractivity contribution is 0.0208. The predicted molar refractivity (Wildman–Crippen MR) is 76.8 cm³/mol. The summed E-state index contributed by atoms with van der Waals surface area (Å²) in [4.78, 5) is 25.0. The molecule has 1 aliphatic heterocycles. The molecule has 0 atom stereocenters. The molecule has 0 spiro atoms. The van der Waals surface area contributed by atoms with Gasteiger partial charge >= 0.3 is 12.0 Å². The number of benzene rings is 1. The highest BCUT2D eigenvalue weighted by molar-refractivity contribution is 5.97. The molecule has 3 rings (SSSR count). The molecule has 6 nitrogen and oxygen atoms in total. The molecule has 1 heterocycles. The van der Waals surface area contributed by atoms with Crippen molar-refractivity contribution in [1.29, 1.82) is 0 Å². The first-order valence-electron chi connectivity index (χ1n) is 7.05. The Balaban J connectivity index is 1.70. The smallest absolute Gasteiger partial charge is 0.335 e.